The smallest absolute Gasteiger partial charge is 0.230 e. The van der Waals surface area contributed by atoms with Crippen LogP contribution in [0, 0.1) is 5.92 Å². The largest absolute Gasteiger partial charge is 0.342 e. The van der Waals surface area contributed by atoms with Gasteiger partial charge in [-0.05, 0) is 19.8 Å². The minimum atomic E-state index is -0.0385. The summed E-state index contributed by atoms with van der Waals surface area (Å²) in [5.74, 6) is 0.225. The molecule has 3 heteroatoms. The van der Waals surface area contributed by atoms with E-state index in [2.05, 4.69) is 16.8 Å². The van der Waals surface area contributed by atoms with Crippen LogP contribution in [0.25, 0.3) is 0 Å². The molecule has 0 aromatic heterocycles. The molecule has 0 saturated carbocycles. The van der Waals surface area contributed by atoms with Crippen LogP contribution in [0.3, 0.4) is 0 Å². The maximum Gasteiger partial charge on any atom is 0.230 e. The van der Waals surface area contributed by atoms with Crippen LogP contribution in [0.15, 0.2) is 4.99 Å². The van der Waals surface area contributed by atoms with Gasteiger partial charge in [-0.25, -0.2) is 0 Å². The number of hydrogen-bond acceptors (Lipinski definition) is 2. The van der Waals surface area contributed by atoms with Gasteiger partial charge in [-0.3, -0.25) is 9.79 Å². The van der Waals surface area contributed by atoms with Crippen molar-refractivity contribution in [3.8, 4) is 0 Å². The first-order valence-electron chi connectivity index (χ1n) is 9.54. The first-order valence-corrected chi connectivity index (χ1v) is 9.54. The molecule has 128 valence electrons. The number of nitrogens with zero attached hydrogens (tertiary/aromatic N) is 2. The number of aliphatic imine (C=N–C) groups is 1. The Balaban J connectivity index is 2.01. The van der Waals surface area contributed by atoms with Gasteiger partial charge in [-0.15, -0.1) is 0 Å². The highest BCUT2D eigenvalue weighted by molar-refractivity contribution is 5.93. The lowest BCUT2D eigenvalue weighted by molar-refractivity contribution is -0.133. The minimum Gasteiger partial charge on any atom is -0.342 e. The molecule has 3 nitrogen and oxygen atoms in total. The van der Waals surface area contributed by atoms with Crippen LogP contribution in [0.2, 0.25) is 0 Å². The maximum absolute atomic E-state index is 12.2. The molecule has 0 spiro atoms. The summed E-state index contributed by atoms with van der Waals surface area (Å²) >= 11 is 0. The van der Waals surface area contributed by atoms with Gasteiger partial charge >= 0.3 is 0 Å². The molecule has 1 amide bonds. The summed E-state index contributed by atoms with van der Waals surface area (Å²) in [6.07, 6.45) is 16.3. The third-order valence-corrected chi connectivity index (χ3v) is 4.53. The Hall–Kier alpha value is -0.860. The van der Waals surface area contributed by atoms with Crippen molar-refractivity contribution in [2.24, 2.45) is 10.9 Å². The lowest BCUT2D eigenvalue weighted by Gasteiger charge is -2.25. The SMILES string of the molecule is CCCCCCCCCCCCN1CCC/N=C\C(C)C1=O. The summed E-state index contributed by atoms with van der Waals surface area (Å²) in [5.41, 5.74) is 0. The third-order valence-electron chi connectivity index (χ3n) is 4.53. The molecule has 0 aliphatic carbocycles. The van der Waals surface area contributed by atoms with Gasteiger partial charge in [-0.1, -0.05) is 64.7 Å². The van der Waals surface area contributed by atoms with E-state index < -0.39 is 0 Å². The molecule has 0 saturated heterocycles. The minimum absolute atomic E-state index is 0.0385. The van der Waals surface area contributed by atoms with E-state index >= 15 is 0 Å². The molecule has 1 atom stereocenters. The molecule has 0 aromatic carbocycles. The first-order chi connectivity index (χ1) is 10.8. The summed E-state index contributed by atoms with van der Waals surface area (Å²) in [7, 11) is 0. The van der Waals surface area contributed by atoms with Gasteiger partial charge in [0.2, 0.25) is 5.91 Å². The zero-order valence-corrected chi connectivity index (χ0v) is 14.9. The topological polar surface area (TPSA) is 32.7 Å². The predicted octanol–water partition coefficient (Wildman–Crippen LogP) is 4.85. The maximum atomic E-state index is 12.2. The van der Waals surface area contributed by atoms with E-state index in [0.717, 1.165) is 32.5 Å². The van der Waals surface area contributed by atoms with Gasteiger partial charge in [-0.2, -0.15) is 0 Å². The summed E-state index contributed by atoms with van der Waals surface area (Å²) in [4.78, 5) is 18.6. The lowest BCUT2D eigenvalue weighted by Crippen LogP contribution is -2.38. The Morgan fingerprint density at radius 3 is 2.27 bits per heavy atom. The Morgan fingerprint density at radius 2 is 1.64 bits per heavy atom. The number of carbonyl (C=O) groups is 1. The van der Waals surface area contributed by atoms with Crippen LogP contribution < -0.4 is 0 Å². The van der Waals surface area contributed by atoms with E-state index in [9.17, 15) is 4.79 Å². The van der Waals surface area contributed by atoms with Crippen molar-refractivity contribution in [3.05, 3.63) is 0 Å². The Bertz CT molecular complexity index is 315. The summed E-state index contributed by atoms with van der Waals surface area (Å²) in [5, 5.41) is 0. The molecular formula is C19H36N2O. The molecule has 1 aliphatic heterocycles. The molecular weight excluding hydrogens is 272 g/mol. The highest BCUT2D eigenvalue weighted by atomic mass is 16.2. The molecule has 0 bridgehead atoms. The number of hydrogen-bond donors (Lipinski definition) is 0. The number of amides is 1. The standard InChI is InChI=1S/C19H36N2O/c1-3-4-5-6-7-8-9-10-11-12-15-21-16-13-14-20-17-18(2)19(21)22/h17-18H,3-16H2,1-2H3/b20-17-. The Labute approximate surface area is 137 Å². The van der Waals surface area contributed by atoms with Gasteiger partial charge < -0.3 is 4.90 Å². The van der Waals surface area contributed by atoms with Crippen molar-refractivity contribution in [2.45, 2.75) is 84.5 Å². The quantitative estimate of drug-likeness (QED) is 0.502. The molecule has 0 N–H and O–H groups in total. The summed E-state index contributed by atoms with van der Waals surface area (Å²) in [6.45, 7) is 6.92. The van der Waals surface area contributed by atoms with Gasteiger partial charge in [0.15, 0.2) is 0 Å². The molecule has 0 radical (unpaired) electrons. The fourth-order valence-corrected chi connectivity index (χ4v) is 3.06. The Morgan fingerprint density at radius 1 is 1.05 bits per heavy atom. The summed E-state index contributed by atoms with van der Waals surface area (Å²) in [6, 6.07) is 0. The number of rotatable bonds is 11. The van der Waals surface area contributed by atoms with Crippen LogP contribution in [-0.4, -0.2) is 36.7 Å². The van der Waals surface area contributed by atoms with Gasteiger partial charge in [0.1, 0.15) is 0 Å². The van der Waals surface area contributed by atoms with E-state index in [1.807, 2.05) is 13.1 Å². The number of carbonyl (C=O) groups excluding carboxylic acids is 1. The molecule has 1 rings (SSSR count). The van der Waals surface area contributed by atoms with E-state index in [1.165, 1.54) is 57.8 Å². The van der Waals surface area contributed by atoms with Crippen LogP contribution in [0.4, 0.5) is 0 Å². The van der Waals surface area contributed by atoms with E-state index in [4.69, 9.17) is 0 Å². The number of unbranched alkanes of at least 4 members (excludes halogenated alkanes) is 9. The fraction of sp³-hybridized carbons (Fsp3) is 0.895. The lowest BCUT2D eigenvalue weighted by atomic mass is 10.1. The third kappa shape index (κ3) is 8.55. The summed E-state index contributed by atoms with van der Waals surface area (Å²) < 4.78 is 0. The second-order valence-corrected chi connectivity index (χ2v) is 6.70. The normalized spacial score (nSPS) is 20.7. The highest BCUT2D eigenvalue weighted by Gasteiger charge is 2.19. The molecule has 1 aliphatic rings. The van der Waals surface area contributed by atoms with E-state index in [0.29, 0.717) is 0 Å². The van der Waals surface area contributed by atoms with Gasteiger partial charge in [0.05, 0.1) is 5.92 Å². The molecule has 0 aromatic rings. The second kappa shape index (κ2) is 12.7. The average Bonchev–Trinajstić information content (AvgIpc) is 2.52. The molecule has 1 heterocycles. The van der Waals surface area contributed by atoms with Crippen molar-refractivity contribution in [3.63, 3.8) is 0 Å². The van der Waals surface area contributed by atoms with Crippen molar-refractivity contribution in [1.29, 1.82) is 0 Å². The zero-order chi connectivity index (χ0) is 16.0. The monoisotopic (exact) mass is 308 g/mol. The van der Waals surface area contributed by atoms with E-state index in [1.54, 1.807) is 0 Å². The molecule has 1 unspecified atom stereocenters. The zero-order valence-electron chi connectivity index (χ0n) is 14.9. The van der Waals surface area contributed by atoms with Crippen LogP contribution >= 0.6 is 0 Å². The second-order valence-electron chi connectivity index (χ2n) is 6.70. The first kappa shape index (κ1) is 19.2. The van der Waals surface area contributed by atoms with Crippen molar-refractivity contribution >= 4 is 12.1 Å². The fourth-order valence-electron chi connectivity index (χ4n) is 3.06. The van der Waals surface area contributed by atoms with E-state index in [-0.39, 0.29) is 11.8 Å². The van der Waals surface area contributed by atoms with Crippen molar-refractivity contribution in [2.75, 3.05) is 19.6 Å². The van der Waals surface area contributed by atoms with Crippen LogP contribution in [-0.2, 0) is 4.79 Å². The highest BCUT2D eigenvalue weighted by Crippen LogP contribution is 2.12. The van der Waals surface area contributed by atoms with Crippen molar-refractivity contribution < 1.29 is 4.79 Å². The molecule has 22 heavy (non-hydrogen) atoms. The van der Waals surface area contributed by atoms with Crippen LogP contribution in [0.5, 0.6) is 0 Å². The van der Waals surface area contributed by atoms with Gasteiger partial charge in [0, 0.05) is 25.8 Å². The van der Waals surface area contributed by atoms with Crippen LogP contribution in [0.1, 0.15) is 84.5 Å². The predicted molar refractivity (Wildman–Crippen MR) is 95.6 cm³/mol. The average molecular weight is 309 g/mol. The van der Waals surface area contributed by atoms with Gasteiger partial charge in [0.25, 0.3) is 0 Å². The molecule has 0 fully saturated rings. The van der Waals surface area contributed by atoms with Crippen molar-refractivity contribution in [1.82, 2.24) is 4.90 Å². The Kier molecular flexibility index (Phi) is 11.0.